The van der Waals surface area contributed by atoms with Gasteiger partial charge in [-0.15, -0.1) is 0 Å². The van der Waals surface area contributed by atoms with E-state index in [1.165, 1.54) is 0 Å². The summed E-state index contributed by atoms with van der Waals surface area (Å²) < 4.78 is 1.56. The van der Waals surface area contributed by atoms with Gasteiger partial charge in [-0.05, 0) is 42.7 Å². The van der Waals surface area contributed by atoms with Crippen molar-refractivity contribution in [3.8, 4) is 0 Å². The number of carboxylic acids is 2. The molecule has 0 saturated carbocycles. The lowest BCUT2D eigenvalue weighted by molar-refractivity contribution is -0.165. The van der Waals surface area contributed by atoms with Gasteiger partial charge >= 0.3 is 11.9 Å². The molecule has 1 aliphatic rings. The number of para-hydroxylation sites is 1. The zero-order valence-electron chi connectivity index (χ0n) is 14.7. The van der Waals surface area contributed by atoms with E-state index in [0.29, 0.717) is 32.7 Å². The van der Waals surface area contributed by atoms with Gasteiger partial charge in [-0.2, -0.15) is 0 Å². The Morgan fingerprint density at radius 1 is 1.00 bits per heavy atom. The van der Waals surface area contributed by atoms with Crippen LogP contribution in [-0.2, 0) is 22.4 Å². The number of aromatic nitrogens is 1. The van der Waals surface area contributed by atoms with Crippen molar-refractivity contribution in [3.63, 3.8) is 0 Å². The first kappa shape index (κ1) is 18.3. The average molecular weight is 398 g/mol. The van der Waals surface area contributed by atoms with E-state index in [0.717, 1.165) is 0 Å². The molecule has 0 saturated heterocycles. The zero-order chi connectivity index (χ0) is 20.1. The van der Waals surface area contributed by atoms with Crippen molar-refractivity contribution in [2.45, 2.75) is 19.3 Å². The SMILES string of the molecule is O=C(c1cccc(Cl)c1)n1c2c(c3ccccc31)CC(C(=O)O)(C(=O)O)CC2. The summed E-state index contributed by atoms with van der Waals surface area (Å²) in [5.41, 5.74) is 0.404. The van der Waals surface area contributed by atoms with Crippen LogP contribution in [0.25, 0.3) is 10.9 Å². The molecule has 28 heavy (non-hydrogen) atoms. The normalized spacial score (nSPS) is 15.2. The number of hydrogen-bond acceptors (Lipinski definition) is 3. The molecule has 0 atom stereocenters. The van der Waals surface area contributed by atoms with Crippen LogP contribution in [0.5, 0.6) is 0 Å². The van der Waals surface area contributed by atoms with Gasteiger partial charge < -0.3 is 10.2 Å². The summed E-state index contributed by atoms with van der Waals surface area (Å²) in [5, 5.41) is 20.4. The number of benzene rings is 2. The molecule has 6 nitrogen and oxygen atoms in total. The molecule has 2 aromatic carbocycles. The summed E-state index contributed by atoms with van der Waals surface area (Å²) in [6.45, 7) is 0. The minimum absolute atomic E-state index is 0.0795. The zero-order valence-corrected chi connectivity index (χ0v) is 15.4. The topological polar surface area (TPSA) is 96.6 Å². The standard InChI is InChI=1S/C21H16ClNO5/c22-13-5-3-4-12(10-13)18(24)23-16-7-2-1-6-14(16)15-11-21(19(25)26,20(27)28)9-8-17(15)23/h1-7,10H,8-9,11H2,(H,25,26)(H,27,28). The van der Waals surface area contributed by atoms with Crippen LogP contribution in [-0.4, -0.2) is 32.6 Å². The molecular weight excluding hydrogens is 382 g/mol. The second kappa shape index (κ2) is 6.49. The smallest absolute Gasteiger partial charge is 0.321 e. The van der Waals surface area contributed by atoms with Crippen LogP contribution in [0.1, 0.15) is 28.0 Å². The van der Waals surface area contributed by atoms with Gasteiger partial charge in [0.2, 0.25) is 0 Å². The Labute approximate surface area is 165 Å². The van der Waals surface area contributed by atoms with Crippen LogP contribution in [0.15, 0.2) is 48.5 Å². The third-order valence-corrected chi connectivity index (χ3v) is 5.68. The molecule has 0 aliphatic heterocycles. The molecule has 0 bridgehead atoms. The van der Waals surface area contributed by atoms with E-state index < -0.39 is 17.4 Å². The highest BCUT2D eigenvalue weighted by Crippen LogP contribution is 2.41. The van der Waals surface area contributed by atoms with Gasteiger partial charge in [0.05, 0.1) is 5.52 Å². The number of carbonyl (C=O) groups excluding carboxylic acids is 1. The number of nitrogens with zero attached hydrogens (tertiary/aromatic N) is 1. The van der Waals surface area contributed by atoms with Crippen molar-refractivity contribution < 1.29 is 24.6 Å². The third kappa shape index (κ3) is 2.60. The first-order valence-electron chi connectivity index (χ1n) is 8.73. The lowest BCUT2D eigenvalue weighted by Crippen LogP contribution is -2.44. The van der Waals surface area contributed by atoms with Crippen molar-refractivity contribution in [1.29, 1.82) is 0 Å². The molecule has 2 N–H and O–H groups in total. The van der Waals surface area contributed by atoms with Gasteiger partial charge in [0.1, 0.15) is 0 Å². The van der Waals surface area contributed by atoms with Gasteiger partial charge in [0.15, 0.2) is 5.41 Å². The number of fused-ring (bicyclic) bond motifs is 3. The summed E-state index contributed by atoms with van der Waals surface area (Å²) in [6, 6.07) is 13.7. The fourth-order valence-electron chi connectivity index (χ4n) is 3.98. The first-order valence-corrected chi connectivity index (χ1v) is 9.11. The van der Waals surface area contributed by atoms with Crippen LogP contribution in [0.4, 0.5) is 0 Å². The Morgan fingerprint density at radius 2 is 1.71 bits per heavy atom. The minimum atomic E-state index is -1.89. The molecule has 7 heteroatoms. The van der Waals surface area contributed by atoms with Crippen LogP contribution < -0.4 is 0 Å². The van der Waals surface area contributed by atoms with E-state index in [-0.39, 0.29) is 25.2 Å². The quantitative estimate of drug-likeness (QED) is 0.658. The predicted molar refractivity (Wildman–Crippen MR) is 103 cm³/mol. The third-order valence-electron chi connectivity index (χ3n) is 5.45. The second-order valence-corrected chi connectivity index (χ2v) is 7.40. The van der Waals surface area contributed by atoms with Gasteiger partial charge in [-0.3, -0.25) is 19.0 Å². The van der Waals surface area contributed by atoms with Gasteiger partial charge in [0, 0.05) is 28.1 Å². The Kier molecular flexibility index (Phi) is 4.23. The molecule has 0 fully saturated rings. The van der Waals surface area contributed by atoms with E-state index in [2.05, 4.69) is 0 Å². The molecule has 0 radical (unpaired) electrons. The molecular formula is C21H16ClNO5. The number of halogens is 1. The van der Waals surface area contributed by atoms with E-state index in [1.54, 1.807) is 53.1 Å². The maximum atomic E-state index is 13.2. The first-order chi connectivity index (χ1) is 13.3. The molecule has 142 valence electrons. The van der Waals surface area contributed by atoms with E-state index in [4.69, 9.17) is 11.6 Å². The fraction of sp³-hybridized carbons (Fsp3) is 0.190. The number of rotatable bonds is 3. The van der Waals surface area contributed by atoms with Crippen LogP contribution in [0.3, 0.4) is 0 Å². The summed E-state index contributed by atoms with van der Waals surface area (Å²) >= 11 is 6.03. The van der Waals surface area contributed by atoms with Crippen molar-refractivity contribution in [1.82, 2.24) is 4.57 Å². The summed E-state index contributed by atoms with van der Waals surface area (Å²) in [7, 11) is 0. The lowest BCUT2D eigenvalue weighted by Gasteiger charge is -2.29. The number of aliphatic carboxylic acids is 2. The molecule has 1 aliphatic carbocycles. The number of hydrogen-bond donors (Lipinski definition) is 2. The fourth-order valence-corrected chi connectivity index (χ4v) is 4.17. The monoisotopic (exact) mass is 397 g/mol. The molecule has 0 spiro atoms. The molecule has 1 heterocycles. The highest BCUT2D eigenvalue weighted by molar-refractivity contribution is 6.31. The number of carbonyl (C=O) groups is 3. The summed E-state index contributed by atoms with van der Waals surface area (Å²) in [6.07, 6.45) is -0.0674. The minimum Gasteiger partial charge on any atom is -0.480 e. The van der Waals surface area contributed by atoms with Crippen molar-refractivity contribution >= 4 is 40.3 Å². The summed E-state index contributed by atoms with van der Waals surface area (Å²) in [5.74, 6) is -3.00. The maximum absolute atomic E-state index is 13.2. The van der Waals surface area contributed by atoms with Gasteiger partial charge in [0.25, 0.3) is 5.91 Å². The van der Waals surface area contributed by atoms with Gasteiger partial charge in [-0.1, -0.05) is 35.9 Å². The molecule has 4 rings (SSSR count). The Morgan fingerprint density at radius 3 is 2.39 bits per heavy atom. The Balaban J connectivity index is 1.94. The maximum Gasteiger partial charge on any atom is 0.321 e. The highest BCUT2D eigenvalue weighted by Gasteiger charge is 2.50. The van der Waals surface area contributed by atoms with Crippen LogP contribution >= 0.6 is 11.6 Å². The average Bonchev–Trinajstić information content (AvgIpc) is 3.00. The molecule has 3 aromatic rings. The van der Waals surface area contributed by atoms with Crippen LogP contribution in [0, 0.1) is 5.41 Å². The lowest BCUT2D eigenvalue weighted by atomic mass is 9.72. The highest BCUT2D eigenvalue weighted by atomic mass is 35.5. The molecule has 1 aromatic heterocycles. The van der Waals surface area contributed by atoms with E-state index in [1.807, 2.05) is 0 Å². The van der Waals surface area contributed by atoms with E-state index in [9.17, 15) is 24.6 Å². The number of carboxylic acid groups (broad SMARTS) is 2. The van der Waals surface area contributed by atoms with Crippen molar-refractivity contribution in [2.75, 3.05) is 0 Å². The van der Waals surface area contributed by atoms with Gasteiger partial charge in [-0.25, -0.2) is 0 Å². The Hall–Kier alpha value is -3.12. The molecule has 0 amide bonds. The second-order valence-electron chi connectivity index (χ2n) is 6.96. The Bertz CT molecular complexity index is 1130. The summed E-state index contributed by atoms with van der Waals surface area (Å²) in [4.78, 5) is 36.8. The van der Waals surface area contributed by atoms with Crippen LogP contribution in [0.2, 0.25) is 5.02 Å². The largest absolute Gasteiger partial charge is 0.480 e. The van der Waals surface area contributed by atoms with E-state index >= 15 is 0 Å². The molecule has 0 unspecified atom stereocenters. The van der Waals surface area contributed by atoms with Crippen molar-refractivity contribution in [3.05, 3.63) is 70.4 Å². The predicted octanol–water partition coefficient (Wildman–Crippen LogP) is 3.63. The van der Waals surface area contributed by atoms with Crippen molar-refractivity contribution in [2.24, 2.45) is 5.41 Å².